The summed E-state index contributed by atoms with van der Waals surface area (Å²) < 4.78 is 5.74. The van der Waals surface area contributed by atoms with Gasteiger partial charge in [0, 0.05) is 17.4 Å². The first-order chi connectivity index (χ1) is 9.78. The molecular formula is C16H16N2OS. The number of aromatic nitrogens is 1. The van der Waals surface area contributed by atoms with Crippen LogP contribution in [0.2, 0.25) is 0 Å². The summed E-state index contributed by atoms with van der Waals surface area (Å²) in [6.07, 6.45) is 2.66. The van der Waals surface area contributed by atoms with Crippen LogP contribution in [0.5, 0.6) is 0 Å². The number of rotatable bonds is 4. The molecule has 20 heavy (non-hydrogen) atoms. The number of hydrogen-bond acceptors (Lipinski definition) is 4. The number of benzene rings is 2. The Morgan fingerprint density at radius 2 is 1.90 bits per heavy atom. The number of nitrogens with zero attached hydrogens (tertiary/aromatic N) is 1. The average molecular weight is 284 g/mol. The van der Waals surface area contributed by atoms with Crippen molar-refractivity contribution in [1.82, 2.24) is 4.98 Å². The van der Waals surface area contributed by atoms with Gasteiger partial charge in [-0.25, -0.2) is 4.98 Å². The van der Waals surface area contributed by atoms with E-state index in [1.54, 1.807) is 11.8 Å². The Balaban J connectivity index is 1.86. The molecule has 0 bridgehead atoms. The molecular weight excluding hydrogens is 268 g/mol. The van der Waals surface area contributed by atoms with E-state index in [4.69, 9.17) is 10.2 Å². The summed E-state index contributed by atoms with van der Waals surface area (Å²) in [6.45, 7) is 0. The molecule has 2 N–H and O–H groups in total. The van der Waals surface area contributed by atoms with Gasteiger partial charge in [-0.15, -0.1) is 11.8 Å². The second-order valence-corrected chi connectivity index (χ2v) is 5.48. The zero-order chi connectivity index (χ0) is 13.9. The van der Waals surface area contributed by atoms with E-state index >= 15 is 0 Å². The van der Waals surface area contributed by atoms with Gasteiger partial charge in [0.05, 0.1) is 0 Å². The third-order valence-corrected chi connectivity index (χ3v) is 4.08. The predicted molar refractivity (Wildman–Crippen MR) is 82.9 cm³/mol. The lowest BCUT2D eigenvalue weighted by molar-refractivity contribution is 0.500. The van der Waals surface area contributed by atoms with Gasteiger partial charge in [-0.1, -0.05) is 30.3 Å². The highest BCUT2D eigenvalue weighted by atomic mass is 32.2. The van der Waals surface area contributed by atoms with Gasteiger partial charge < -0.3 is 10.2 Å². The summed E-state index contributed by atoms with van der Waals surface area (Å²) in [5.41, 5.74) is 9.15. The summed E-state index contributed by atoms with van der Waals surface area (Å²) in [6, 6.07) is 15.9. The van der Waals surface area contributed by atoms with Crippen molar-refractivity contribution in [3.63, 3.8) is 0 Å². The van der Waals surface area contributed by atoms with Crippen LogP contribution in [0, 0.1) is 0 Å². The fourth-order valence-corrected chi connectivity index (χ4v) is 2.95. The minimum absolute atomic E-state index is 0.105. The monoisotopic (exact) mass is 284 g/mol. The van der Waals surface area contributed by atoms with Crippen LogP contribution < -0.4 is 5.73 Å². The minimum atomic E-state index is -0.105. The first-order valence-corrected chi connectivity index (χ1v) is 7.73. The highest BCUT2D eigenvalue weighted by Crippen LogP contribution is 2.27. The Labute approximate surface area is 122 Å². The summed E-state index contributed by atoms with van der Waals surface area (Å²) in [7, 11) is 0. The van der Waals surface area contributed by atoms with E-state index in [0.29, 0.717) is 12.3 Å². The Kier molecular flexibility index (Phi) is 3.76. The van der Waals surface area contributed by atoms with Crippen molar-refractivity contribution in [2.24, 2.45) is 5.73 Å². The zero-order valence-electron chi connectivity index (χ0n) is 11.2. The molecule has 0 saturated heterocycles. The normalized spacial score (nSPS) is 12.7. The number of hydrogen-bond donors (Lipinski definition) is 1. The maximum atomic E-state index is 6.31. The SMILES string of the molecule is CSc1ccccc1C(N)Cc1nc2ccccc2o1. The molecule has 3 rings (SSSR count). The highest BCUT2D eigenvalue weighted by Gasteiger charge is 2.14. The van der Waals surface area contributed by atoms with Gasteiger partial charge in [0.1, 0.15) is 5.52 Å². The third kappa shape index (κ3) is 2.57. The van der Waals surface area contributed by atoms with E-state index in [2.05, 4.69) is 23.4 Å². The molecule has 0 aliphatic carbocycles. The number of thioether (sulfide) groups is 1. The zero-order valence-corrected chi connectivity index (χ0v) is 12.1. The van der Waals surface area contributed by atoms with Crippen LogP contribution in [0.1, 0.15) is 17.5 Å². The molecule has 2 aromatic carbocycles. The maximum absolute atomic E-state index is 6.31. The molecule has 0 aliphatic rings. The Morgan fingerprint density at radius 1 is 1.15 bits per heavy atom. The van der Waals surface area contributed by atoms with Crippen molar-refractivity contribution < 1.29 is 4.42 Å². The average Bonchev–Trinajstić information content (AvgIpc) is 2.89. The van der Waals surface area contributed by atoms with E-state index in [-0.39, 0.29) is 6.04 Å². The van der Waals surface area contributed by atoms with E-state index < -0.39 is 0 Å². The molecule has 0 fully saturated rings. The molecule has 0 aliphatic heterocycles. The minimum Gasteiger partial charge on any atom is -0.441 e. The molecule has 0 spiro atoms. The Morgan fingerprint density at radius 3 is 2.70 bits per heavy atom. The van der Waals surface area contributed by atoms with Gasteiger partial charge in [-0.05, 0) is 30.0 Å². The van der Waals surface area contributed by atoms with Gasteiger partial charge in [-0.2, -0.15) is 0 Å². The van der Waals surface area contributed by atoms with Crippen LogP contribution in [0.4, 0.5) is 0 Å². The lowest BCUT2D eigenvalue weighted by Gasteiger charge is -2.13. The summed E-state index contributed by atoms with van der Waals surface area (Å²) in [5.74, 6) is 0.689. The first kappa shape index (κ1) is 13.2. The van der Waals surface area contributed by atoms with Crippen molar-refractivity contribution in [2.75, 3.05) is 6.26 Å². The molecule has 3 aromatic rings. The fraction of sp³-hybridized carbons (Fsp3) is 0.188. The van der Waals surface area contributed by atoms with Crippen LogP contribution in [0.15, 0.2) is 57.8 Å². The number of nitrogens with two attached hydrogens (primary N) is 1. The van der Waals surface area contributed by atoms with Gasteiger partial charge in [0.25, 0.3) is 0 Å². The largest absolute Gasteiger partial charge is 0.441 e. The third-order valence-electron chi connectivity index (χ3n) is 3.27. The maximum Gasteiger partial charge on any atom is 0.197 e. The highest BCUT2D eigenvalue weighted by molar-refractivity contribution is 7.98. The lowest BCUT2D eigenvalue weighted by Crippen LogP contribution is -2.14. The molecule has 0 radical (unpaired) electrons. The van der Waals surface area contributed by atoms with Gasteiger partial charge >= 0.3 is 0 Å². The first-order valence-electron chi connectivity index (χ1n) is 6.51. The Bertz CT molecular complexity index is 690. The summed E-state index contributed by atoms with van der Waals surface area (Å²) in [4.78, 5) is 5.68. The van der Waals surface area contributed by atoms with Crippen molar-refractivity contribution in [3.8, 4) is 0 Å². The molecule has 1 atom stereocenters. The summed E-state index contributed by atoms with van der Waals surface area (Å²) in [5, 5.41) is 0. The number of fused-ring (bicyclic) bond motifs is 1. The molecule has 3 nitrogen and oxygen atoms in total. The van der Waals surface area contributed by atoms with Crippen LogP contribution >= 0.6 is 11.8 Å². The Hall–Kier alpha value is -1.78. The standard InChI is InChI=1S/C16H16N2OS/c1-20-15-9-5-2-6-11(15)12(17)10-16-18-13-7-3-4-8-14(13)19-16/h2-9,12H,10,17H2,1H3. The molecule has 0 amide bonds. The van der Waals surface area contributed by atoms with Crippen molar-refractivity contribution in [1.29, 1.82) is 0 Å². The molecule has 1 aromatic heterocycles. The van der Waals surface area contributed by atoms with Crippen LogP contribution in [-0.2, 0) is 6.42 Å². The number of oxazole rings is 1. The smallest absolute Gasteiger partial charge is 0.197 e. The van der Waals surface area contributed by atoms with Crippen molar-refractivity contribution >= 4 is 22.9 Å². The van der Waals surface area contributed by atoms with Crippen molar-refractivity contribution in [2.45, 2.75) is 17.4 Å². The lowest BCUT2D eigenvalue weighted by atomic mass is 10.0. The van der Waals surface area contributed by atoms with Crippen LogP contribution in [0.25, 0.3) is 11.1 Å². The molecule has 102 valence electrons. The second-order valence-electron chi connectivity index (χ2n) is 4.63. The predicted octanol–water partition coefficient (Wildman–Crippen LogP) is 3.79. The van der Waals surface area contributed by atoms with Gasteiger partial charge in [0.2, 0.25) is 0 Å². The molecule has 0 saturated carbocycles. The fourth-order valence-electron chi connectivity index (χ4n) is 2.28. The van der Waals surface area contributed by atoms with Gasteiger partial charge in [-0.3, -0.25) is 0 Å². The summed E-state index contributed by atoms with van der Waals surface area (Å²) >= 11 is 1.71. The van der Waals surface area contributed by atoms with Crippen molar-refractivity contribution in [3.05, 3.63) is 60.0 Å². The topological polar surface area (TPSA) is 52.0 Å². The number of para-hydroxylation sites is 2. The van der Waals surface area contributed by atoms with E-state index in [0.717, 1.165) is 16.7 Å². The van der Waals surface area contributed by atoms with E-state index in [1.165, 1.54) is 4.90 Å². The van der Waals surface area contributed by atoms with E-state index in [9.17, 15) is 0 Å². The molecule has 1 heterocycles. The molecule has 4 heteroatoms. The van der Waals surface area contributed by atoms with Crippen LogP contribution in [0.3, 0.4) is 0 Å². The molecule has 1 unspecified atom stereocenters. The second kappa shape index (κ2) is 5.69. The quantitative estimate of drug-likeness (QED) is 0.740. The van der Waals surface area contributed by atoms with E-state index in [1.807, 2.05) is 36.4 Å². The van der Waals surface area contributed by atoms with Gasteiger partial charge in [0.15, 0.2) is 11.5 Å². The van der Waals surface area contributed by atoms with Crippen LogP contribution in [-0.4, -0.2) is 11.2 Å².